The molecule has 1 fully saturated rings. The van der Waals surface area contributed by atoms with E-state index in [1.807, 2.05) is 36.5 Å². The lowest BCUT2D eigenvalue weighted by Gasteiger charge is -2.27. The molecule has 5 rings (SSSR count). The lowest BCUT2D eigenvalue weighted by atomic mass is 9.89. The van der Waals surface area contributed by atoms with Crippen LogP contribution in [0.4, 0.5) is 6.01 Å². The second-order valence-corrected chi connectivity index (χ2v) is 7.74. The standard InChI is InChI=1S/C23H20ClN3O/c1-15-5-7-16(8-6-15)18-11-13-27(22(18)19-4-2-3-12-25-19)23-26-20-14-17(24)9-10-21(20)28-23/h2-10,12,14,18,22H,11,13H2,1H3. The van der Waals surface area contributed by atoms with Gasteiger partial charge in [-0.3, -0.25) is 4.98 Å². The Balaban J connectivity index is 1.58. The highest BCUT2D eigenvalue weighted by Crippen LogP contribution is 2.45. The van der Waals surface area contributed by atoms with Gasteiger partial charge in [0.25, 0.3) is 6.01 Å². The molecule has 4 aromatic rings. The number of hydrogen-bond donors (Lipinski definition) is 0. The van der Waals surface area contributed by atoms with Crippen molar-refractivity contribution in [2.75, 3.05) is 11.4 Å². The third-order valence-electron chi connectivity index (χ3n) is 5.48. The van der Waals surface area contributed by atoms with Gasteiger partial charge in [-0.05, 0) is 49.2 Å². The Morgan fingerprint density at radius 3 is 2.71 bits per heavy atom. The van der Waals surface area contributed by atoms with Crippen LogP contribution in [0.2, 0.25) is 5.02 Å². The first-order valence-electron chi connectivity index (χ1n) is 9.49. The van der Waals surface area contributed by atoms with Gasteiger partial charge in [-0.1, -0.05) is 47.5 Å². The number of rotatable bonds is 3. The Hall–Kier alpha value is -2.85. The van der Waals surface area contributed by atoms with Crippen LogP contribution >= 0.6 is 11.6 Å². The normalized spacial score (nSPS) is 19.4. The molecule has 0 spiro atoms. The quantitative estimate of drug-likeness (QED) is 0.436. The molecule has 0 N–H and O–H groups in total. The minimum atomic E-state index is 0.0763. The Labute approximate surface area is 168 Å². The lowest BCUT2D eigenvalue weighted by Crippen LogP contribution is -2.25. The molecule has 1 aliphatic rings. The largest absolute Gasteiger partial charge is 0.423 e. The fraction of sp³-hybridized carbons (Fsp3) is 0.217. The van der Waals surface area contributed by atoms with E-state index in [9.17, 15) is 0 Å². The number of aromatic nitrogens is 2. The van der Waals surface area contributed by atoms with Crippen LogP contribution in [0, 0.1) is 6.92 Å². The van der Waals surface area contributed by atoms with Gasteiger partial charge < -0.3 is 9.32 Å². The van der Waals surface area contributed by atoms with E-state index in [0.717, 1.165) is 29.8 Å². The fourth-order valence-corrected chi connectivity index (χ4v) is 4.26. The van der Waals surface area contributed by atoms with Crippen molar-refractivity contribution in [3.63, 3.8) is 0 Å². The fourth-order valence-electron chi connectivity index (χ4n) is 4.10. The highest BCUT2D eigenvalue weighted by atomic mass is 35.5. The summed E-state index contributed by atoms with van der Waals surface area (Å²) >= 11 is 6.12. The van der Waals surface area contributed by atoms with Crippen molar-refractivity contribution in [1.29, 1.82) is 0 Å². The summed E-state index contributed by atoms with van der Waals surface area (Å²) < 4.78 is 6.09. The molecule has 5 heteroatoms. The van der Waals surface area contributed by atoms with Gasteiger partial charge in [0.15, 0.2) is 5.58 Å². The molecule has 4 nitrogen and oxygen atoms in total. The van der Waals surface area contributed by atoms with Crippen LogP contribution < -0.4 is 4.90 Å². The maximum atomic E-state index is 6.12. The third kappa shape index (κ3) is 3.04. The van der Waals surface area contributed by atoms with Crippen LogP contribution in [0.3, 0.4) is 0 Å². The van der Waals surface area contributed by atoms with E-state index in [-0.39, 0.29) is 6.04 Å². The molecular weight excluding hydrogens is 370 g/mol. The predicted octanol–water partition coefficient (Wildman–Crippen LogP) is 5.92. The summed E-state index contributed by atoms with van der Waals surface area (Å²) in [5.41, 5.74) is 5.15. The van der Waals surface area contributed by atoms with E-state index in [4.69, 9.17) is 21.0 Å². The number of nitrogens with zero attached hydrogens (tertiary/aromatic N) is 3. The second-order valence-electron chi connectivity index (χ2n) is 7.31. The lowest BCUT2D eigenvalue weighted by molar-refractivity contribution is 0.533. The SMILES string of the molecule is Cc1ccc(C2CCN(c3nc4cc(Cl)ccc4o3)C2c2ccccn2)cc1. The zero-order valence-electron chi connectivity index (χ0n) is 15.5. The first-order chi connectivity index (χ1) is 13.7. The predicted molar refractivity (Wildman–Crippen MR) is 112 cm³/mol. The van der Waals surface area contributed by atoms with Crippen molar-refractivity contribution in [2.45, 2.75) is 25.3 Å². The van der Waals surface area contributed by atoms with E-state index in [2.05, 4.69) is 47.1 Å². The van der Waals surface area contributed by atoms with Crippen LogP contribution in [0.25, 0.3) is 11.1 Å². The average molecular weight is 390 g/mol. The van der Waals surface area contributed by atoms with Gasteiger partial charge in [-0.2, -0.15) is 4.98 Å². The maximum absolute atomic E-state index is 6.12. The van der Waals surface area contributed by atoms with Gasteiger partial charge in [0, 0.05) is 23.7 Å². The molecule has 28 heavy (non-hydrogen) atoms. The van der Waals surface area contributed by atoms with E-state index in [1.165, 1.54) is 11.1 Å². The van der Waals surface area contributed by atoms with Gasteiger partial charge in [-0.25, -0.2) is 0 Å². The number of fused-ring (bicyclic) bond motifs is 1. The zero-order chi connectivity index (χ0) is 19.1. The zero-order valence-corrected chi connectivity index (χ0v) is 16.3. The van der Waals surface area contributed by atoms with Crippen LogP contribution in [0.1, 0.15) is 35.2 Å². The van der Waals surface area contributed by atoms with Gasteiger partial charge >= 0.3 is 0 Å². The van der Waals surface area contributed by atoms with Gasteiger partial charge in [-0.15, -0.1) is 0 Å². The maximum Gasteiger partial charge on any atom is 0.298 e. The third-order valence-corrected chi connectivity index (χ3v) is 5.71. The number of oxazole rings is 1. The summed E-state index contributed by atoms with van der Waals surface area (Å²) in [6.45, 7) is 2.98. The summed E-state index contributed by atoms with van der Waals surface area (Å²) in [5, 5.41) is 0.660. The van der Waals surface area contributed by atoms with Crippen molar-refractivity contribution in [1.82, 2.24) is 9.97 Å². The molecule has 0 radical (unpaired) electrons. The molecule has 2 atom stereocenters. The highest BCUT2D eigenvalue weighted by Gasteiger charge is 2.39. The van der Waals surface area contributed by atoms with Crippen LogP contribution in [0.5, 0.6) is 0 Å². The highest BCUT2D eigenvalue weighted by molar-refractivity contribution is 6.31. The van der Waals surface area contributed by atoms with Crippen molar-refractivity contribution >= 4 is 28.7 Å². The molecule has 2 aromatic carbocycles. The molecule has 1 saturated heterocycles. The number of benzene rings is 2. The van der Waals surface area contributed by atoms with Crippen molar-refractivity contribution < 1.29 is 4.42 Å². The van der Waals surface area contributed by atoms with Crippen LogP contribution in [-0.4, -0.2) is 16.5 Å². The molecule has 3 heterocycles. The van der Waals surface area contributed by atoms with E-state index in [1.54, 1.807) is 0 Å². The Kier molecular flexibility index (Phi) is 4.29. The Bertz CT molecular complexity index is 1110. The van der Waals surface area contributed by atoms with Crippen molar-refractivity contribution in [3.05, 3.63) is 88.7 Å². The van der Waals surface area contributed by atoms with Crippen LogP contribution in [0.15, 0.2) is 71.3 Å². The summed E-state index contributed by atoms with van der Waals surface area (Å²) in [6.07, 6.45) is 2.87. The Morgan fingerprint density at radius 2 is 1.93 bits per heavy atom. The molecule has 140 valence electrons. The van der Waals surface area contributed by atoms with E-state index < -0.39 is 0 Å². The molecule has 0 aliphatic carbocycles. The monoisotopic (exact) mass is 389 g/mol. The van der Waals surface area contributed by atoms with Crippen molar-refractivity contribution in [2.24, 2.45) is 0 Å². The minimum Gasteiger partial charge on any atom is -0.423 e. The van der Waals surface area contributed by atoms with Gasteiger partial charge in [0.05, 0.1) is 11.7 Å². The molecule has 1 aliphatic heterocycles. The molecule has 0 bridgehead atoms. The summed E-state index contributed by atoms with van der Waals surface area (Å²) in [5.74, 6) is 0.328. The molecular formula is C23H20ClN3O. The van der Waals surface area contributed by atoms with Crippen molar-refractivity contribution in [3.8, 4) is 0 Å². The summed E-state index contributed by atoms with van der Waals surface area (Å²) in [6, 6.07) is 21.1. The number of aryl methyl sites for hydroxylation is 1. The summed E-state index contributed by atoms with van der Waals surface area (Å²) in [7, 11) is 0. The number of pyridine rings is 1. The first-order valence-corrected chi connectivity index (χ1v) is 9.87. The molecule has 0 amide bonds. The topological polar surface area (TPSA) is 42.2 Å². The smallest absolute Gasteiger partial charge is 0.298 e. The number of hydrogen-bond acceptors (Lipinski definition) is 4. The molecule has 0 saturated carbocycles. The van der Waals surface area contributed by atoms with Crippen LogP contribution in [-0.2, 0) is 0 Å². The van der Waals surface area contributed by atoms with Gasteiger partial charge in [0.2, 0.25) is 0 Å². The Morgan fingerprint density at radius 1 is 1.07 bits per heavy atom. The first kappa shape index (κ1) is 17.3. The summed E-state index contributed by atoms with van der Waals surface area (Å²) in [4.78, 5) is 11.6. The minimum absolute atomic E-state index is 0.0763. The van der Waals surface area contributed by atoms with Gasteiger partial charge in [0.1, 0.15) is 5.52 Å². The second kappa shape index (κ2) is 6.95. The number of anilines is 1. The molecule has 2 unspecified atom stereocenters. The van der Waals surface area contributed by atoms with E-state index in [0.29, 0.717) is 17.0 Å². The van der Waals surface area contributed by atoms with E-state index >= 15 is 0 Å². The number of halogens is 1. The average Bonchev–Trinajstić information content (AvgIpc) is 3.33. The molecule has 2 aromatic heterocycles.